The Morgan fingerprint density at radius 2 is 2.17 bits per heavy atom. The van der Waals surface area contributed by atoms with E-state index in [0.717, 1.165) is 17.5 Å². The molecule has 1 saturated heterocycles. The van der Waals surface area contributed by atoms with Gasteiger partial charge in [0.15, 0.2) is 5.16 Å². The molecule has 3 rings (SSSR count). The maximum Gasteiger partial charge on any atom is 0.410 e. The van der Waals surface area contributed by atoms with E-state index in [4.69, 9.17) is 4.74 Å². The van der Waals surface area contributed by atoms with E-state index in [1.807, 2.05) is 45.0 Å². The second kappa shape index (κ2) is 6.55. The molecule has 2 aromatic rings. The minimum atomic E-state index is -1.20. The van der Waals surface area contributed by atoms with Gasteiger partial charge < -0.3 is 14.6 Å². The van der Waals surface area contributed by atoms with Crippen LogP contribution in [-0.4, -0.2) is 49.6 Å². The summed E-state index contributed by atoms with van der Waals surface area (Å²) in [7, 11) is -1.20. The molecule has 0 aliphatic carbocycles. The van der Waals surface area contributed by atoms with E-state index in [2.05, 4.69) is 9.97 Å². The molecule has 1 fully saturated rings. The molecule has 1 aromatic heterocycles. The van der Waals surface area contributed by atoms with Crippen LogP contribution in [0.1, 0.15) is 27.2 Å². The van der Waals surface area contributed by atoms with Crippen molar-refractivity contribution in [1.82, 2.24) is 14.9 Å². The zero-order chi connectivity index (χ0) is 17.3. The number of hydrogen-bond acceptors (Lipinski definition) is 4. The number of nitrogens with zero attached hydrogens (tertiary/aromatic N) is 2. The third-order valence-corrected chi connectivity index (χ3v) is 5.31. The minimum absolute atomic E-state index is 0.201. The number of ether oxygens (including phenoxy) is 1. The molecule has 1 aromatic carbocycles. The summed E-state index contributed by atoms with van der Waals surface area (Å²) in [5.41, 5.74) is 1.22. The largest absolute Gasteiger partial charge is 0.444 e. The van der Waals surface area contributed by atoms with Gasteiger partial charge in [-0.05, 0) is 45.2 Å². The molecular formula is C17H23N3O3S. The van der Waals surface area contributed by atoms with Gasteiger partial charge >= 0.3 is 6.09 Å². The van der Waals surface area contributed by atoms with Gasteiger partial charge in [0.2, 0.25) is 0 Å². The Morgan fingerprint density at radius 3 is 2.88 bits per heavy atom. The van der Waals surface area contributed by atoms with Crippen LogP contribution in [0.4, 0.5) is 4.79 Å². The summed E-state index contributed by atoms with van der Waals surface area (Å²) in [4.78, 5) is 21.3. The number of carbonyl (C=O) groups is 1. The molecule has 0 spiro atoms. The van der Waals surface area contributed by atoms with Crippen molar-refractivity contribution in [2.24, 2.45) is 5.92 Å². The predicted octanol–water partition coefficient (Wildman–Crippen LogP) is 2.93. The number of hydrogen-bond donors (Lipinski definition) is 1. The van der Waals surface area contributed by atoms with E-state index < -0.39 is 16.4 Å². The highest BCUT2D eigenvalue weighted by Crippen LogP contribution is 2.22. The van der Waals surface area contributed by atoms with Crippen LogP contribution >= 0.6 is 0 Å². The third-order valence-electron chi connectivity index (χ3n) is 3.91. The second-order valence-corrected chi connectivity index (χ2v) is 8.56. The fraction of sp³-hybridized carbons (Fsp3) is 0.529. The number of para-hydroxylation sites is 2. The number of likely N-dealkylation sites (tertiary alicyclic amines) is 1. The van der Waals surface area contributed by atoms with Gasteiger partial charge in [0, 0.05) is 18.8 Å². The second-order valence-electron chi connectivity index (χ2n) is 7.15. The fourth-order valence-corrected chi connectivity index (χ4v) is 4.07. The number of carbonyl (C=O) groups excluding carboxylic acids is 1. The van der Waals surface area contributed by atoms with E-state index in [1.165, 1.54) is 0 Å². The summed E-state index contributed by atoms with van der Waals surface area (Å²) >= 11 is 0. The summed E-state index contributed by atoms with van der Waals surface area (Å²) in [6, 6.07) is 7.64. The Balaban J connectivity index is 1.59. The van der Waals surface area contributed by atoms with Crippen LogP contribution in [-0.2, 0) is 15.5 Å². The van der Waals surface area contributed by atoms with Crippen LogP contribution in [0.25, 0.3) is 11.0 Å². The van der Waals surface area contributed by atoms with Crippen molar-refractivity contribution in [1.29, 1.82) is 0 Å². The topological polar surface area (TPSA) is 75.3 Å². The standard InChI is InChI=1S/C17H23N3O3S/c1-17(2,3)23-16(21)20-9-8-12(10-20)11-24(22)15-18-13-6-4-5-7-14(13)19-15/h4-7,12H,8-11H2,1-3H3,(H,18,19)/t12-,24+/m1/s1. The minimum Gasteiger partial charge on any atom is -0.444 e. The van der Waals surface area contributed by atoms with Crippen molar-refractivity contribution >= 4 is 27.9 Å². The monoisotopic (exact) mass is 349 g/mol. The Labute approximate surface area is 144 Å². The Kier molecular flexibility index (Phi) is 4.62. The number of nitrogens with one attached hydrogen (secondary N) is 1. The number of benzene rings is 1. The van der Waals surface area contributed by atoms with Crippen molar-refractivity contribution < 1.29 is 13.7 Å². The number of fused-ring (bicyclic) bond motifs is 1. The van der Waals surface area contributed by atoms with Crippen LogP contribution in [0.15, 0.2) is 29.4 Å². The molecule has 0 saturated carbocycles. The molecule has 0 radical (unpaired) electrons. The molecule has 0 bridgehead atoms. The van der Waals surface area contributed by atoms with Crippen molar-refractivity contribution in [3.63, 3.8) is 0 Å². The highest BCUT2D eigenvalue weighted by atomic mass is 32.2. The van der Waals surface area contributed by atoms with Crippen molar-refractivity contribution in [3.8, 4) is 0 Å². The highest BCUT2D eigenvalue weighted by Gasteiger charge is 2.31. The first-order chi connectivity index (χ1) is 11.3. The summed E-state index contributed by atoms with van der Waals surface area (Å²) < 4.78 is 18.0. The van der Waals surface area contributed by atoms with Gasteiger partial charge in [0.05, 0.1) is 21.8 Å². The van der Waals surface area contributed by atoms with E-state index in [9.17, 15) is 9.00 Å². The van der Waals surface area contributed by atoms with Crippen LogP contribution in [0.2, 0.25) is 0 Å². The molecule has 130 valence electrons. The molecule has 1 amide bonds. The third kappa shape index (κ3) is 3.95. The van der Waals surface area contributed by atoms with Gasteiger partial charge in [-0.2, -0.15) is 0 Å². The number of amides is 1. The van der Waals surface area contributed by atoms with Gasteiger partial charge in [0.1, 0.15) is 5.60 Å². The lowest BCUT2D eigenvalue weighted by atomic mass is 10.2. The van der Waals surface area contributed by atoms with Gasteiger partial charge in [-0.15, -0.1) is 0 Å². The van der Waals surface area contributed by atoms with Crippen LogP contribution in [0.5, 0.6) is 0 Å². The fourth-order valence-electron chi connectivity index (χ4n) is 2.79. The number of rotatable bonds is 3. The molecule has 7 heteroatoms. The molecule has 6 nitrogen and oxygen atoms in total. The van der Waals surface area contributed by atoms with E-state index in [0.29, 0.717) is 24.0 Å². The molecule has 2 heterocycles. The van der Waals surface area contributed by atoms with Crippen LogP contribution < -0.4 is 0 Å². The number of imidazole rings is 1. The maximum atomic E-state index is 12.6. The molecule has 0 unspecified atom stereocenters. The average Bonchev–Trinajstić information content (AvgIpc) is 3.11. The molecule has 1 aliphatic rings. The lowest BCUT2D eigenvalue weighted by molar-refractivity contribution is 0.0289. The lowest BCUT2D eigenvalue weighted by Gasteiger charge is -2.24. The van der Waals surface area contributed by atoms with Crippen molar-refractivity contribution in [3.05, 3.63) is 24.3 Å². The lowest BCUT2D eigenvalue weighted by Crippen LogP contribution is -2.35. The van der Waals surface area contributed by atoms with Crippen LogP contribution in [0.3, 0.4) is 0 Å². The molecular weight excluding hydrogens is 326 g/mol. The van der Waals surface area contributed by atoms with Crippen molar-refractivity contribution in [2.75, 3.05) is 18.8 Å². The quantitative estimate of drug-likeness (QED) is 0.924. The molecule has 2 atom stereocenters. The molecule has 24 heavy (non-hydrogen) atoms. The summed E-state index contributed by atoms with van der Waals surface area (Å²) in [6.07, 6.45) is 0.546. The first-order valence-electron chi connectivity index (χ1n) is 8.13. The van der Waals surface area contributed by atoms with E-state index in [-0.39, 0.29) is 12.0 Å². The Hall–Kier alpha value is -1.89. The summed E-state index contributed by atoms with van der Waals surface area (Å²) in [5.74, 6) is 0.700. The number of aromatic amines is 1. The van der Waals surface area contributed by atoms with Crippen LogP contribution in [0, 0.1) is 5.92 Å². The normalized spacial score (nSPS) is 19.6. The number of aromatic nitrogens is 2. The van der Waals surface area contributed by atoms with E-state index >= 15 is 0 Å². The molecule has 1 aliphatic heterocycles. The van der Waals surface area contributed by atoms with E-state index in [1.54, 1.807) is 4.90 Å². The first-order valence-corrected chi connectivity index (χ1v) is 9.45. The first kappa shape index (κ1) is 17.0. The summed E-state index contributed by atoms with van der Waals surface area (Å²) in [6.45, 7) is 6.80. The Bertz CT molecular complexity index is 733. The maximum absolute atomic E-state index is 12.6. The molecule has 1 N–H and O–H groups in total. The predicted molar refractivity (Wildman–Crippen MR) is 93.3 cm³/mol. The van der Waals surface area contributed by atoms with Gasteiger partial charge in [0.25, 0.3) is 0 Å². The highest BCUT2D eigenvalue weighted by molar-refractivity contribution is 7.84. The summed E-state index contributed by atoms with van der Waals surface area (Å²) in [5, 5.41) is 0.506. The zero-order valence-electron chi connectivity index (χ0n) is 14.2. The van der Waals surface area contributed by atoms with Gasteiger partial charge in [-0.25, -0.2) is 9.78 Å². The zero-order valence-corrected chi connectivity index (χ0v) is 15.1. The average molecular weight is 349 g/mol. The Morgan fingerprint density at radius 1 is 1.42 bits per heavy atom. The van der Waals surface area contributed by atoms with Crippen molar-refractivity contribution in [2.45, 2.75) is 37.9 Å². The van der Waals surface area contributed by atoms with Gasteiger partial charge in [-0.3, -0.25) is 4.21 Å². The number of H-pyrrole nitrogens is 1. The SMILES string of the molecule is CC(C)(C)OC(=O)N1CC[C@@H](C[S@](=O)c2nc3ccccc3[nH]2)C1. The smallest absolute Gasteiger partial charge is 0.410 e. The van der Waals surface area contributed by atoms with Gasteiger partial charge in [-0.1, -0.05) is 12.1 Å².